The van der Waals surface area contributed by atoms with Crippen molar-refractivity contribution in [3.63, 3.8) is 0 Å². The predicted octanol–water partition coefficient (Wildman–Crippen LogP) is 4.40. The molecule has 0 aliphatic carbocycles. The van der Waals surface area contributed by atoms with Gasteiger partial charge in [-0.2, -0.15) is 0 Å². The van der Waals surface area contributed by atoms with Gasteiger partial charge in [-0.25, -0.2) is 4.39 Å². The molecule has 0 bridgehead atoms. The zero-order valence-corrected chi connectivity index (χ0v) is 12.7. The van der Waals surface area contributed by atoms with Gasteiger partial charge < -0.3 is 5.32 Å². The molecule has 0 saturated heterocycles. The number of benzene rings is 2. The first kappa shape index (κ1) is 14.2. The van der Waals surface area contributed by atoms with Crippen LogP contribution in [0.5, 0.6) is 0 Å². The maximum absolute atomic E-state index is 13.3. The fourth-order valence-corrected chi connectivity index (χ4v) is 2.47. The molecule has 2 aromatic rings. The van der Waals surface area contributed by atoms with Gasteiger partial charge in [0.25, 0.3) is 0 Å². The molecule has 1 nitrogen and oxygen atoms in total. The molecule has 100 valence electrons. The van der Waals surface area contributed by atoms with Gasteiger partial charge in [-0.3, -0.25) is 0 Å². The van der Waals surface area contributed by atoms with Gasteiger partial charge in [-0.05, 0) is 59.6 Å². The Kier molecular flexibility index (Phi) is 4.72. The molecule has 0 saturated carbocycles. The summed E-state index contributed by atoms with van der Waals surface area (Å²) in [6, 6.07) is 13.8. The summed E-state index contributed by atoms with van der Waals surface area (Å²) in [5.41, 5.74) is 3.61. The van der Waals surface area contributed by atoms with E-state index in [4.69, 9.17) is 0 Å². The van der Waals surface area contributed by atoms with E-state index < -0.39 is 0 Å². The second kappa shape index (κ2) is 6.31. The van der Waals surface area contributed by atoms with Gasteiger partial charge in [0.15, 0.2) is 0 Å². The molecule has 2 aromatic carbocycles. The van der Waals surface area contributed by atoms with Crippen molar-refractivity contribution in [1.29, 1.82) is 0 Å². The molecule has 0 spiro atoms. The van der Waals surface area contributed by atoms with E-state index in [2.05, 4.69) is 52.4 Å². The third-order valence-electron chi connectivity index (χ3n) is 3.25. The summed E-state index contributed by atoms with van der Waals surface area (Å²) >= 11 is 3.24. The molecule has 1 N–H and O–H groups in total. The van der Waals surface area contributed by atoms with Crippen LogP contribution in [0.3, 0.4) is 0 Å². The molecule has 0 aromatic heterocycles. The maximum Gasteiger partial charge on any atom is 0.137 e. The molecule has 0 amide bonds. The quantitative estimate of drug-likeness (QED) is 0.880. The van der Waals surface area contributed by atoms with Crippen LogP contribution in [0, 0.1) is 12.7 Å². The number of rotatable bonds is 4. The monoisotopic (exact) mass is 321 g/mol. The summed E-state index contributed by atoms with van der Waals surface area (Å²) in [5.74, 6) is -0.228. The highest BCUT2D eigenvalue weighted by atomic mass is 79.9. The number of hydrogen-bond acceptors (Lipinski definition) is 1. The number of nitrogens with one attached hydrogen (secondary N) is 1. The Morgan fingerprint density at radius 1 is 1.16 bits per heavy atom. The highest BCUT2D eigenvalue weighted by molar-refractivity contribution is 9.10. The van der Waals surface area contributed by atoms with Crippen molar-refractivity contribution >= 4 is 15.9 Å². The fourth-order valence-electron chi connectivity index (χ4n) is 2.08. The SMILES string of the molecule is CNC(Cc1ccc(C)cc1)c1ccc(F)c(Br)c1. The molecule has 0 heterocycles. The van der Waals surface area contributed by atoms with Crippen molar-refractivity contribution in [2.45, 2.75) is 19.4 Å². The zero-order chi connectivity index (χ0) is 13.8. The molecule has 2 rings (SSSR count). The van der Waals surface area contributed by atoms with Gasteiger partial charge in [0.1, 0.15) is 5.82 Å². The van der Waals surface area contributed by atoms with Crippen molar-refractivity contribution in [2.24, 2.45) is 0 Å². The van der Waals surface area contributed by atoms with Crippen LogP contribution >= 0.6 is 15.9 Å². The van der Waals surface area contributed by atoms with Crippen LogP contribution in [-0.4, -0.2) is 7.05 Å². The molecular weight excluding hydrogens is 305 g/mol. The minimum absolute atomic E-state index is 0.180. The van der Waals surface area contributed by atoms with Gasteiger partial charge in [-0.1, -0.05) is 35.9 Å². The molecule has 1 atom stereocenters. The minimum atomic E-state index is -0.228. The lowest BCUT2D eigenvalue weighted by Gasteiger charge is -2.17. The Balaban J connectivity index is 2.19. The van der Waals surface area contributed by atoms with Crippen molar-refractivity contribution in [3.05, 3.63) is 69.4 Å². The van der Waals surface area contributed by atoms with E-state index in [0.29, 0.717) is 4.47 Å². The van der Waals surface area contributed by atoms with E-state index >= 15 is 0 Å². The van der Waals surface area contributed by atoms with Crippen LogP contribution in [0.15, 0.2) is 46.9 Å². The lowest BCUT2D eigenvalue weighted by atomic mass is 9.98. The minimum Gasteiger partial charge on any atom is -0.313 e. The van der Waals surface area contributed by atoms with Crippen molar-refractivity contribution in [3.8, 4) is 0 Å². The fraction of sp³-hybridized carbons (Fsp3) is 0.250. The van der Waals surface area contributed by atoms with Crippen LogP contribution in [0.4, 0.5) is 4.39 Å². The van der Waals surface area contributed by atoms with Crippen molar-refractivity contribution in [1.82, 2.24) is 5.32 Å². The maximum atomic E-state index is 13.3. The summed E-state index contributed by atoms with van der Waals surface area (Å²) in [6.07, 6.45) is 0.884. The van der Waals surface area contributed by atoms with Crippen LogP contribution in [0.25, 0.3) is 0 Å². The molecular formula is C16H17BrFN. The topological polar surface area (TPSA) is 12.0 Å². The Bertz CT molecular complexity index is 551. The van der Waals surface area contributed by atoms with E-state index in [1.165, 1.54) is 17.2 Å². The molecule has 0 fully saturated rings. The molecule has 0 aliphatic heterocycles. The zero-order valence-electron chi connectivity index (χ0n) is 11.1. The second-order valence-electron chi connectivity index (χ2n) is 4.70. The smallest absolute Gasteiger partial charge is 0.137 e. The lowest BCUT2D eigenvalue weighted by Crippen LogP contribution is -2.18. The van der Waals surface area contributed by atoms with Crippen LogP contribution in [0.2, 0.25) is 0 Å². The average Bonchev–Trinajstić information content (AvgIpc) is 2.41. The highest BCUT2D eigenvalue weighted by Gasteiger charge is 2.11. The highest BCUT2D eigenvalue weighted by Crippen LogP contribution is 2.23. The third kappa shape index (κ3) is 3.64. The van der Waals surface area contributed by atoms with Gasteiger partial charge in [0, 0.05) is 6.04 Å². The van der Waals surface area contributed by atoms with E-state index in [9.17, 15) is 4.39 Å². The largest absolute Gasteiger partial charge is 0.313 e. The molecule has 1 unspecified atom stereocenters. The standard InChI is InChI=1S/C16H17BrFN/c1-11-3-5-12(6-4-11)9-16(19-2)13-7-8-15(18)14(17)10-13/h3-8,10,16,19H,9H2,1-2H3. The van der Waals surface area contributed by atoms with Crippen LogP contribution in [0.1, 0.15) is 22.7 Å². The van der Waals surface area contributed by atoms with Gasteiger partial charge in [-0.15, -0.1) is 0 Å². The van der Waals surface area contributed by atoms with E-state index in [1.807, 2.05) is 19.2 Å². The summed E-state index contributed by atoms with van der Waals surface area (Å²) in [7, 11) is 1.93. The number of aryl methyl sites for hydroxylation is 1. The van der Waals surface area contributed by atoms with Crippen LogP contribution in [-0.2, 0) is 6.42 Å². The Labute approximate surface area is 122 Å². The molecule has 0 radical (unpaired) electrons. The summed E-state index contributed by atoms with van der Waals surface area (Å²) in [6.45, 7) is 2.08. The van der Waals surface area contributed by atoms with Gasteiger partial charge in [0.2, 0.25) is 0 Å². The van der Waals surface area contributed by atoms with Crippen molar-refractivity contribution in [2.75, 3.05) is 7.05 Å². The first-order valence-corrected chi connectivity index (χ1v) is 7.07. The van der Waals surface area contributed by atoms with Gasteiger partial charge >= 0.3 is 0 Å². The number of hydrogen-bond donors (Lipinski definition) is 1. The number of halogens is 2. The third-order valence-corrected chi connectivity index (χ3v) is 3.86. The molecule has 0 aliphatic rings. The molecule has 19 heavy (non-hydrogen) atoms. The van der Waals surface area contributed by atoms with E-state index in [1.54, 1.807) is 0 Å². The lowest BCUT2D eigenvalue weighted by molar-refractivity contribution is 0.584. The van der Waals surface area contributed by atoms with Crippen LogP contribution < -0.4 is 5.32 Å². The van der Waals surface area contributed by atoms with Gasteiger partial charge in [0.05, 0.1) is 4.47 Å². The average molecular weight is 322 g/mol. The van der Waals surface area contributed by atoms with E-state index in [0.717, 1.165) is 12.0 Å². The van der Waals surface area contributed by atoms with E-state index in [-0.39, 0.29) is 11.9 Å². The Morgan fingerprint density at radius 3 is 2.42 bits per heavy atom. The first-order chi connectivity index (χ1) is 9.10. The summed E-state index contributed by atoms with van der Waals surface area (Å²) < 4.78 is 13.8. The normalized spacial score (nSPS) is 12.4. The summed E-state index contributed by atoms with van der Waals surface area (Å²) in [4.78, 5) is 0. The Morgan fingerprint density at radius 2 is 1.84 bits per heavy atom. The second-order valence-corrected chi connectivity index (χ2v) is 5.56. The number of likely N-dealkylation sites (N-methyl/N-ethyl adjacent to an activating group) is 1. The Hall–Kier alpha value is -1.19. The predicted molar refractivity (Wildman–Crippen MR) is 80.8 cm³/mol. The summed E-state index contributed by atoms with van der Waals surface area (Å²) in [5, 5.41) is 3.28. The van der Waals surface area contributed by atoms with Crippen molar-refractivity contribution < 1.29 is 4.39 Å². The first-order valence-electron chi connectivity index (χ1n) is 6.28. The molecule has 3 heteroatoms.